The number of aliphatic hydroxyl groups excluding tert-OH is 1. The van der Waals surface area contributed by atoms with Crippen molar-refractivity contribution in [2.24, 2.45) is 5.92 Å². The lowest BCUT2D eigenvalue weighted by Gasteiger charge is -2.37. The number of benzene rings is 1. The van der Waals surface area contributed by atoms with Crippen LogP contribution in [0.25, 0.3) is 0 Å². The van der Waals surface area contributed by atoms with Crippen molar-refractivity contribution < 1.29 is 24.1 Å². The molecule has 198 valence electrons. The van der Waals surface area contributed by atoms with Gasteiger partial charge in [-0.15, -0.1) is 0 Å². The van der Waals surface area contributed by atoms with Crippen LogP contribution in [0.15, 0.2) is 30.5 Å². The fraction of sp³-hybridized carbons (Fsp3) is 0.500. The van der Waals surface area contributed by atoms with Crippen molar-refractivity contribution in [1.29, 1.82) is 0 Å². The Bertz CT molecular complexity index is 1170. The molecule has 9 nitrogen and oxygen atoms in total. The maximum Gasteiger partial charge on any atom is 0.259 e. The smallest absolute Gasteiger partial charge is 0.259 e. The summed E-state index contributed by atoms with van der Waals surface area (Å²) in [4.78, 5) is 23.9. The number of ether oxygens (including phenoxy) is 3. The van der Waals surface area contributed by atoms with Gasteiger partial charge in [-0.3, -0.25) is 14.6 Å². The summed E-state index contributed by atoms with van der Waals surface area (Å²) in [7, 11) is 5.93. The zero-order chi connectivity index (χ0) is 26.5. The van der Waals surface area contributed by atoms with Crippen molar-refractivity contribution in [3.63, 3.8) is 0 Å². The maximum atomic E-state index is 13.5. The molecule has 0 aliphatic carbocycles. The molecule has 1 N–H and O–H groups in total. The van der Waals surface area contributed by atoms with Gasteiger partial charge < -0.3 is 24.2 Å². The van der Waals surface area contributed by atoms with Crippen LogP contribution in [0.5, 0.6) is 17.4 Å². The van der Waals surface area contributed by atoms with E-state index in [2.05, 4.69) is 28.6 Å². The molecule has 0 bridgehead atoms. The van der Waals surface area contributed by atoms with E-state index in [4.69, 9.17) is 14.2 Å². The van der Waals surface area contributed by atoms with Crippen LogP contribution >= 0.6 is 0 Å². The van der Waals surface area contributed by atoms with E-state index in [0.29, 0.717) is 43.2 Å². The summed E-state index contributed by atoms with van der Waals surface area (Å²) in [6.45, 7) is 6.41. The minimum absolute atomic E-state index is 0.00617. The molecule has 37 heavy (non-hydrogen) atoms. The number of aliphatic hydroxyl groups is 1. The van der Waals surface area contributed by atoms with Gasteiger partial charge in [-0.25, -0.2) is 4.98 Å². The molecule has 0 unspecified atom stereocenters. The number of amides is 1. The second kappa shape index (κ2) is 11.8. The van der Waals surface area contributed by atoms with Crippen LogP contribution in [0.2, 0.25) is 0 Å². The standard InChI is InChI=1S/C28H36N4O5/c1-19-14-32(20(2)17-33)28(34)23-11-21(7-6-10-30(3)4)13-29-27(23)37-26(19)16-31(5)15-22-8-9-24-25(12-22)36-18-35-24/h8-9,11-13,19-20,26,33H,10,14-18H2,1-5H3/t19-,20+,26-/m0/s1. The van der Waals surface area contributed by atoms with Crippen molar-refractivity contribution in [3.8, 4) is 29.2 Å². The Morgan fingerprint density at radius 2 is 2.00 bits per heavy atom. The first-order chi connectivity index (χ1) is 17.7. The summed E-state index contributed by atoms with van der Waals surface area (Å²) in [6, 6.07) is 7.37. The topological polar surface area (TPSA) is 87.6 Å². The first kappa shape index (κ1) is 26.7. The minimum Gasteiger partial charge on any atom is -0.472 e. The van der Waals surface area contributed by atoms with Gasteiger partial charge in [-0.1, -0.05) is 24.8 Å². The van der Waals surface area contributed by atoms with Crippen LogP contribution in [-0.2, 0) is 6.54 Å². The summed E-state index contributed by atoms with van der Waals surface area (Å²) >= 11 is 0. The van der Waals surface area contributed by atoms with Gasteiger partial charge in [0.15, 0.2) is 11.5 Å². The van der Waals surface area contributed by atoms with Gasteiger partial charge >= 0.3 is 0 Å². The number of carbonyl (C=O) groups excluding carboxylic acids is 1. The molecule has 2 aromatic rings. The molecule has 2 aliphatic rings. The zero-order valence-corrected chi connectivity index (χ0v) is 22.2. The van der Waals surface area contributed by atoms with Gasteiger partial charge in [0.25, 0.3) is 5.91 Å². The second-order valence-electron chi connectivity index (χ2n) is 10.1. The summed E-state index contributed by atoms with van der Waals surface area (Å²) in [5, 5.41) is 9.87. The van der Waals surface area contributed by atoms with Gasteiger partial charge in [0, 0.05) is 37.3 Å². The number of aromatic nitrogens is 1. The number of rotatable bonds is 7. The van der Waals surface area contributed by atoms with E-state index in [1.165, 1.54) is 0 Å². The van der Waals surface area contributed by atoms with Gasteiger partial charge in [-0.05, 0) is 51.8 Å². The summed E-state index contributed by atoms with van der Waals surface area (Å²) in [5.41, 5.74) is 2.13. The molecule has 0 saturated heterocycles. The van der Waals surface area contributed by atoms with Crippen LogP contribution in [-0.4, -0.2) is 97.0 Å². The lowest BCUT2D eigenvalue weighted by atomic mass is 9.99. The second-order valence-corrected chi connectivity index (χ2v) is 10.1. The summed E-state index contributed by atoms with van der Waals surface area (Å²) in [5.74, 6) is 7.78. The third-order valence-corrected chi connectivity index (χ3v) is 6.53. The van der Waals surface area contributed by atoms with Crippen LogP contribution in [0, 0.1) is 17.8 Å². The molecular formula is C28H36N4O5. The predicted octanol–water partition coefficient (Wildman–Crippen LogP) is 2.08. The van der Waals surface area contributed by atoms with E-state index in [1.807, 2.05) is 51.2 Å². The monoisotopic (exact) mass is 508 g/mol. The number of nitrogens with zero attached hydrogens (tertiary/aromatic N) is 4. The Balaban J connectivity index is 1.57. The van der Waals surface area contributed by atoms with Crippen molar-refractivity contribution in [1.82, 2.24) is 19.7 Å². The number of pyridine rings is 1. The van der Waals surface area contributed by atoms with Crippen LogP contribution in [0.3, 0.4) is 0 Å². The zero-order valence-electron chi connectivity index (χ0n) is 22.2. The maximum absolute atomic E-state index is 13.5. The van der Waals surface area contributed by atoms with Crippen molar-refractivity contribution in [2.45, 2.75) is 32.5 Å². The van der Waals surface area contributed by atoms with Crippen molar-refractivity contribution in [3.05, 3.63) is 47.2 Å². The normalized spacial score (nSPS) is 19.6. The Labute approximate surface area is 218 Å². The fourth-order valence-electron chi connectivity index (χ4n) is 4.41. The number of carbonyl (C=O) groups is 1. The van der Waals surface area contributed by atoms with Gasteiger partial charge in [-0.2, -0.15) is 0 Å². The third kappa shape index (κ3) is 6.52. The van der Waals surface area contributed by atoms with Crippen LogP contribution in [0.4, 0.5) is 0 Å². The lowest BCUT2D eigenvalue weighted by molar-refractivity contribution is 0.0325. The molecule has 1 aromatic heterocycles. The van der Waals surface area contributed by atoms with E-state index < -0.39 is 0 Å². The molecular weight excluding hydrogens is 472 g/mol. The van der Waals surface area contributed by atoms with Gasteiger partial charge in [0.2, 0.25) is 12.7 Å². The van der Waals surface area contributed by atoms with E-state index in [9.17, 15) is 9.90 Å². The molecule has 9 heteroatoms. The van der Waals surface area contributed by atoms with Crippen molar-refractivity contribution in [2.75, 3.05) is 54.2 Å². The molecule has 0 spiro atoms. The summed E-state index contributed by atoms with van der Waals surface area (Å²) < 4.78 is 17.3. The number of likely N-dealkylation sites (N-methyl/N-ethyl adjacent to an activating group) is 1. The average Bonchev–Trinajstić information content (AvgIpc) is 3.33. The predicted molar refractivity (Wildman–Crippen MR) is 140 cm³/mol. The Morgan fingerprint density at radius 3 is 2.76 bits per heavy atom. The largest absolute Gasteiger partial charge is 0.472 e. The number of fused-ring (bicyclic) bond motifs is 2. The molecule has 4 rings (SSSR count). The highest BCUT2D eigenvalue weighted by atomic mass is 16.7. The highest BCUT2D eigenvalue weighted by molar-refractivity contribution is 5.97. The first-order valence-corrected chi connectivity index (χ1v) is 12.5. The van der Waals surface area contributed by atoms with Crippen LogP contribution < -0.4 is 14.2 Å². The minimum atomic E-state index is -0.337. The summed E-state index contributed by atoms with van der Waals surface area (Å²) in [6.07, 6.45) is 1.42. The Hall–Kier alpha value is -3.32. The third-order valence-electron chi connectivity index (χ3n) is 6.53. The van der Waals surface area contributed by atoms with E-state index in [0.717, 1.165) is 17.1 Å². The average molecular weight is 509 g/mol. The van der Waals surface area contributed by atoms with Gasteiger partial charge in [0.1, 0.15) is 11.7 Å². The quantitative estimate of drug-likeness (QED) is 0.569. The molecule has 3 atom stereocenters. The first-order valence-electron chi connectivity index (χ1n) is 12.5. The highest BCUT2D eigenvalue weighted by Gasteiger charge is 2.34. The molecule has 0 saturated carbocycles. The molecule has 0 fully saturated rings. The van der Waals surface area contributed by atoms with E-state index >= 15 is 0 Å². The number of hydrogen-bond acceptors (Lipinski definition) is 8. The molecule has 3 heterocycles. The Kier molecular flexibility index (Phi) is 8.54. The van der Waals surface area contributed by atoms with E-state index in [1.54, 1.807) is 17.2 Å². The van der Waals surface area contributed by atoms with Crippen LogP contribution in [0.1, 0.15) is 35.3 Å². The lowest BCUT2D eigenvalue weighted by Crippen LogP contribution is -2.49. The number of hydrogen-bond donors (Lipinski definition) is 1. The highest BCUT2D eigenvalue weighted by Crippen LogP contribution is 2.33. The SMILES string of the molecule is C[C@H](CO)N1C[C@H](C)[C@H](CN(C)Cc2ccc3c(c2)OCO3)Oc2ncc(C#CCN(C)C)cc2C1=O. The Morgan fingerprint density at radius 1 is 1.22 bits per heavy atom. The van der Waals surface area contributed by atoms with Crippen molar-refractivity contribution >= 4 is 5.91 Å². The van der Waals surface area contributed by atoms with E-state index in [-0.39, 0.29) is 37.4 Å². The molecule has 1 amide bonds. The van der Waals surface area contributed by atoms with Gasteiger partial charge in [0.05, 0.1) is 19.2 Å². The molecule has 1 aromatic carbocycles. The molecule has 0 radical (unpaired) electrons. The fourth-order valence-corrected chi connectivity index (χ4v) is 4.41. The molecule has 2 aliphatic heterocycles.